The van der Waals surface area contributed by atoms with Crippen LogP contribution in [0.1, 0.15) is 63.5 Å². The summed E-state index contributed by atoms with van der Waals surface area (Å²) in [6.07, 6.45) is 5.55. The van der Waals surface area contributed by atoms with Gasteiger partial charge in [0, 0.05) is 11.1 Å². The largest absolute Gasteiger partial charge is 0.481 e. The van der Waals surface area contributed by atoms with Crippen molar-refractivity contribution in [1.82, 2.24) is 0 Å². The second-order valence-corrected chi connectivity index (χ2v) is 28.5. The molecule has 0 saturated heterocycles. The van der Waals surface area contributed by atoms with Crippen LogP contribution in [0.4, 0.5) is 50.4 Å². The van der Waals surface area contributed by atoms with E-state index in [0.29, 0.717) is 36.2 Å². The molecule has 10 rings (SSSR count). The third kappa shape index (κ3) is 23.8. The number of hydrogen-bond donors (Lipinski definition) is 0. The van der Waals surface area contributed by atoms with Crippen LogP contribution >= 0.6 is 36.6 Å². The molecule has 90 heavy (non-hydrogen) atoms. The molecule has 0 aliphatic carbocycles. The Morgan fingerprint density at radius 1 is 0.389 bits per heavy atom. The number of carbonyl (C=O) groups excluding carboxylic acids is 2. The van der Waals surface area contributed by atoms with Crippen LogP contribution in [0.2, 0.25) is 0 Å². The first-order valence-corrected chi connectivity index (χ1v) is 35.0. The third-order valence-electron chi connectivity index (χ3n) is 13.1. The number of fused-ring (bicyclic) bond motifs is 4. The second kappa shape index (κ2) is 28.1. The number of aryl methyl sites for hydroxylation is 2. The normalized spacial score (nSPS) is 13.3. The van der Waals surface area contributed by atoms with E-state index in [1.165, 1.54) is 29.9 Å². The third-order valence-corrected chi connectivity index (χ3v) is 17.2. The van der Waals surface area contributed by atoms with E-state index in [1.54, 1.807) is 0 Å². The van der Waals surface area contributed by atoms with Crippen LogP contribution in [0.3, 0.4) is 0 Å². The Balaban J connectivity index is 0.000000207. The van der Waals surface area contributed by atoms with Crippen molar-refractivity contribution in [2.75, 3.05) is 26.4 Å². The maximum absolute atomic E-state index is 12.6. The molecule has 2 heterocycles. The van der Waals surface area contributed by atoms with Crippen molar-refractivity contribution < 1.29 is 78.9 Å². The molecule has 8 aromatic carbocycles. The maximum Gasteiger partial charge on any atom is 0.344 e. The van der Waals surface area contributed by atoms with Crippen LogP contribution in [-0.4, -0.2) is 38.4 Å². The first-order chi connectivity index (χ1) is 41.8. The van der Waals surface area contributed by atoms with E-state index in [2.05, 4.69) is 88.7 Å². The number of benzene rings is 8. The van der Waals surface area contributed by atoms with Gasteiger partial charge in [-0.2, -0.15) is 0 Å². The number of rotatable bonds is 15. The number of halogens is 12. The molecule has 0 aliphatic heterocycles. The second-order valence-electron chi connectivity index (χ2n) is 20.9. The molecular weight excluding hydrogens is 1270 g/mol. The van der Waals surface area contributed by atoms with Crippen LogP contribution in [0.15, 0.2) is 204 Å². The summed E-state index contributed by atoms with van der Waals surface area (Å²) in [5.74, 6) is 1.25. The molecule has 0 radical (unpaired) electrons. The molecule has 0 saturated carbocycles. The van der Waals surface area contributed by atoms with E-state index in [1.807, 2.05) is 146 Å². The summed E-state index contributed by atoms with van der Waals surface area (Å²) in [4.78, 5) is 49.5. The SMILES string of the molecule is CC(C)c1ccc2c(c1)c(=O)c1ccccc1[s+]2C.CC(C)c1ccc2c(c1)c(=O)c1ccccc1[s+]2C.F[P-](F)(F)(F)(F)F.F[P-](F)(F)(F)(F)F.O=C(COc1ccccc1-c1ccccc1)OCCCCOC(=O)COc1ccccc1-c1ccccc1. The zero-order valence-electron chi connectivity index (χ0n) is 49.4. The summed E-state index contributed by atoms with van der Waals surface area (Å²) in [5.41, 5.74) is 6.68. The number of ether oxygens (including phenoxy) is 4. The Hall–Kier alpha value is -7.90. The molecule has 0 fully saturated rings. The standard InChI is InChI=1S/C32H30O6.2C17H17OS.2F6P/c33-31(23-37-29-19-9-7-17-27(29)25-13-3-1-4-14-25)35-21-11-12-22-36-32(34)24-38-30-20-10-8-18-28(30)26-15-5-2-6-16-26;2*1-11(2)12-8-9-16-14(10-12)17(18)13-6-4-5-7-15(13)19(16)3;2*1-7(2,3,4,5)6/h1-10,13-20H,11-12,21-24H2;2*4-11H,1-3H3;;/q;2*+1;2*-1. The number of carbonyl (C=O) groups is 2. The molecule has 2 aromatic heterocycles. The maximum atomic E-state index is 12.6. The van der Waals surface area contributed by atoms with Gasteiger partial charge in [0.15, 0.2) is 32.0 Å². The summed E-state index contributed by atoms with van der Waals surface area (Å²) in [6.45, 7) is 8.73. The molecule has 0 amide bonds. The number of para-hydroxylation sites is 2. The summed E-state index contributed by atoms with van der Waals surface area (Å²) in [5, 5.41) is 3.55. The van der Waals surface area contributed by atoms with E-state index >= 15 is 0 Å². The average molecular weight is 1340 g/mol. The van der Waals surface area contributed by atoms with Gasteiger partial charge in [0.2, 0.25) is 10.9 Å². The molecule has 0 bridgehead atoms. The smallest absolute Gasteiger partial charge is 0.344 e. The topological polar surface area (TPSA) is 105 Å². The van der Waals surface area contributed by atoms with Crippen LogP contribution in [0, 0.1) is 0 Å². The Morgan fingerprint density at radius 3 is 1.01 bits per heavy atom. The molecule has 10 aromatic rings. The van der Waals surface area contributed by atoms with E-state index in [9.17, 15) is 69.5 Å². The van der Waals surface area contributed by atoms with Gasteiger partial charge in [-0.25, -0.2) is 9.59 Å². The van der Waals surface area contributed by atoms with E-state index in [4.69, 9.17) is 18.9 Å². The molecule has 8 nitrogen and oxygen atoms in total. The number of hydrogen-bond acceptors (Lipinski definition) is 8. The molecule has 482 valence electrons. The van der Waals surface area contributed by atoms with Crippen molar-refractivity contribution in [2.45, 2.75) is 52.4 Å². The van der Waals surface area contributed by atoms with Gasteiger partial charge in [-0.05, 0) is 129 Å². The monoisotopic (exact) mass is 1340 g/mol. The fourth-order valence-corrected chi connectivity index (χ4v) is 12.4. The van der Waals surface area contributed by atoms with E-state index < -0.39 is 27.6 Å². The summed E-state index contributed by atoms with van der Waals surface area (Å²) in [6, 6.07) is 63.6. The van der Waals surface area contributed by atoms with Crippen LogP contribution in [-0.2, 0) is 31.6 Å². The number of unbranched alkanes of at least 4 members (excludes halogenated alkanes) is 1. The molecule has 2 atom stereocenters. The van der Waals surface area contributed by atoms with E-state index in [0.717, 1.165) is 43.8 Å². The van der Waals surface area contributed by atoms with Gasteiger partial charge >= 0.3 is 77.9 Å². The van der Waals surface area contributed by atoms with Crippen LogP contribution < -0.4 is 20.3 Å². The Kier molecular flexibility index (Phi) is 22.2. The van der Waals surface area contributed by atoms with Gasteiger partial charge in [0.25, 0.3) is 0 Å². The van der Waals surface area contributed by atoms with Gasteiger partial charge < -0.3 is 18.9 Å². The predicted octanol–water partition coefficient (Wildman–Crippen LogP) is 22.6. The fourth-order valence-electron chi connectivity index (χ4n) is 8.90. The van der Waals surface area contributed by atoms with Crippen molar-refractivity contribution in [3.8, 4) is 33.8 Å². The molecule has 0 aliphatic rings. The van der Waals surface area contributed by atoms with Crippen molar-refractivity contribution in [2.24, 2.45) is 12.5 Å². The first kappa shape index (κ1) is 71.2. The van der Waals surface area contributed by atoms with Gasteiger partial charge in [0.05, 0.1) is 34.8 Å². The first-order valence-electron chi connectivity index (χ1n) is 27.6. The minimum absolute atomic E-state index is 0.00310. The Labute approximate surface area is 516 Å². The minimum Gasteiger partial charge on any atom is -0.481 e. The average Bonchev–Trinajstić information content (AvgIpc) is 1.02. The molecule has 24 heteroatoms. The van der Waals surface area contributed by atoms with Gasteiger partial charge in [-0.1, -0.05) is 161 Å². The van der Waals surface area contributed by atoms with Crippen molar-refractivity contribution in [3.63, 3.8) is 0 Å². The molecule has 0 N–H and O–H groups in total. The van der Waals surface area contributed by atoms with Gasteiger partial charge in [-0.3, -0.25) is 9.59 Å². The fraction of sp³-hybridized carbons (Fsp3) is 0.212. The molecular formula is C66H64F12O8P2S2. The van der Waals surface area contributed by atoms with Crippen molar-refractivity contribution in [1.29, 1.82) is 0 Å². The summed E-state index contributed by atoms with van der Waals surface area (Å²) in [7, 11) is -21.3. The van der Waals surface area contributed by atoms with E-state index in [-0.39, 0.29) is 58.2 Å². The summed E-state index contributed by atoms with van der Waals surface area (Å²) < 4.78 is 145. The zero-order chi connectivity index (χ0) is 66.4. The Bertz CT molecular complexity index is 3970. The molecule has 0 spiro atoms. The minimum atomic E-state index is -10.7. The van der Waals surface area contributed by atoms with Crippen molar-refractivity contribution in [3.05, 3.63) is 226 Å². The quantitative estimate of drug-likeness (QED) is 0.0250. The van der Waals surface area contributed by atoms with Crippen molar-refractivity contribution >= 4 is 88.8 Å². The predicted molar refractivity (Wildman–Crippen MR) is 344 cm³/mol. The summed E-state index contributed by atoms with van der Waals surface area (Å²) >= 11 is 0. The Morgan fingerprint density at radius 2 is 0.678 bits per heavy atom. The molecule has 2 unspecified atom stereocenters. The number of esters is 2. The van der Waals surface area contributed by atoms with Gasteiger partial charge in [-0.15, -0.1) is 0 Å². The van der Waals surface area contributed by atoms with Crippen LogP contribution in [0.5, 0.6) is 11.5 Å². The van der Waals surface area contributed by atoms with Gasteiger partial charge in [0.1, 0.15) is 24.0 Å². The zero-order valence-corrected chi connectivity index (χ0v) is 52.8. The van der Waals surface area contributed by atoms with Crippen LogP contribution in [0.25, 0.3) is 62.6 Å².